The van der Waals surface area contributed by atoms with Crippen LogP contribution in [0.25, 0.3) is 11.3 Å². The minimum Gasteiger partial charge on any atom is -0.465 e. The van der Waals surface area contributed by atoms with Gasteiger partial charge in [0.1, 0.15) is 11.5 Å². The van der Waals surface area contributed by atoms with Crippen molar-refractivity contribution in [1.29, 1.82) is 0 Å². The van der Waals surface area contributed by atoms with Crippen molar-refractivity contribution in [2.75, 3.05) is 7.11 Å². The Morgan fingerprint density at radius 1 is 1.24 bits per heavy atom. The second-order valence-electron chi connectivity index (χ2n) is 4.09. The molecule has 0 bridgehead atoms. The monoisotopic (exact) mass is 299 g/mol. The molecule has 0 N–H and O–H groups in total. The summed E-state index contributed by atoms with van der Waals surface area (Å²) in [7, 11) is 1.10. The fourth-order valence-electron chi connectivity index (χ4n) is 1.80. The molecule has 0 aliphatic rings. The van der Waals surface area contributed by atoms with Crippen LogP contribution in [-0.4, -0.2) is 18.1 Å². The van der Waals surface area contributed by atoms with Gasteiger partial charge < -0.3 is 4.74 Å². The van der Waals surface area contributed by atoms with Crippen molar-refractivity contribution in [3.05, 3.63) is 53.5 Å². The number of halogens is 4. The lowest BCUT2D eigenvalue weighted by Crippen LogP contribution is -2.09. The molecule has 0 fully saturated rings. The highest BCUT2D eigenvalue weighted by Gasteiger charge is 2.34. The minimum atomic E-state index is -4.63. The van der Waals surface area contributed by atoms with Crippen molar-refractivity contribution < 1.29 is 27.1 Å². The zero-order chi connectivity index (χ0) is 15.6. The number of alkyl halides is 3. The van der Waals surface area contributed by atoms with Gasteiger partial charge in [-0.05, 0) is 12.1 Å². The Balaban J connectivity index is 2.56. The van der Waals surface area contributed by atoms with E-state index in [2.05, 4.69) is 9.72 Å². The van der Waals surface area contributed by atoms with Gasteiger partial charge in [-0.2, -0.15) is 13.2 Å². The third kappa shape index (κ3) is 3.01. The topological polar surface area (TPSA) is 39.2 Å². The van der Waals surface area contributed by atoms with Crippen LogP contribution in [0.4, 0.5) is 17.6 Å². The number of ether oxygens (including phenoxy) is 1. The fraction of sp³-hybridized carbons (Fsp3) is 0.143. The molecule has 0 saturated carbocycles. The first kappa shape index (κ1) is 15.0. The maximum absolute atomic E-state index is 14.0. The van der Waals surface area contributed by atoms with Gasteiger partial charge in [0, 0.05) is 11.8 Å². The Morgan fingerprint density at radius 2 is 1.90 bits per heavy atom. The third-order valence-electron chi connectivity index (χ3n) is 2.75. The van der Waals surface area contributed by atoms with E-state index in [9.17, 15) is 22.4 Å². The second kappa shape index (κ2) is 5.51. The Hall–Kier alpha value is -2.44. The molecule has 110 valence electrons. The summed E-state index contributed by atoms with van der Waals surface area (Å²) in [5.41, 5.74) is -2.04. The second-order valence-corrected chi connectivity index (χ2v) is 4.09. The van der Waals surface area contributed by atoms with Crippen LogP contribution in [0, 0.1) is 5.82 Å². The fourth-order valence-corrected chi connectivity index (χ4v) is 1.80. The molecule has 0 unspecified atom stereocenters. The van der Waals surface area contributed by atoms with Crippen LogP contribution in [0.5, 0.6) is 0 Å². The highest BCUT2D eigenvalue weighted by molar-refractivity contribution is 5.89. The standard InChI is InChI=1S/C14H9F4NO2/c1-21-13(20)8-6-11(15)12(19-7-8)9-4-2-3-5-10(9)14(16,17)18/h2-7H,1H3. The number of aromatic nitrogens is 1. The van der Waals surface area contributed by atoms with Crippen molar-refractivity contribution in [1.82, 2.24) is 4.98 Å². The molecule has 1 heterocycles. The normalized spacial score (nSPS) is 11.3. The minimum absolute atomic E-state index is 0.178. The molecular weight excluding hydrogens is 290 g/mol. The van der Waals surface area contributed by atoms with Crippen LogP contribution >= 0.6 is 0 Å². The summed E-state index contributed by atoms with van der Waals surface area (Å²) < 4.78 is 57.1. The summed E-state index contributed by atoms with van der Waals surface area (Å²) in [5.74, 6) is -1.85. The summed E-state index contributed by atoms with van der Waals surface area (Å²) in [4.78, 5) is 14.8. The number of benzene rings is 1. The molecule has 2 rings (SSSR count). The summed E-state index contributed by atoms with van der Waals surface area (Å²) in [6, 6.07) is 5.30. The lowest BCUT2D eigenvalue weighted by molar-refractivity contribution is -0.137. The van der Waals surface area contributed by atoms with Gasteiger partial charge in [-0.3, -0.25) is 4.98 Å². The van der Waals surface area contributed by atoms with E-state index in [0.717, 1.165) is 31.5 Å². The van der Waals surface area contributed by atoms with Crippen LogP contribution < -0.4 is 0 Å². The maximum Gasteiger partial charge on any atom is 0.417 e. The maximum atomic E-state index is 14.0. The van der Waals surface area contributed by atoms with E-state index < -0.39 is 29.2 Å². The molecule has 0 radical (unpaired) electrons. The van der Waals surface area contributed by atoms with E-state index in [1.807, 2.05) is 0 Å². The lowest BCUT2D eigenvalue weighted by atomic mass is 10.0. The van der Waals surface area contributed by atoms with Crippen LogP contribution in [0.2, 0.25) is 0 Å². The Kier molecular flexibility index (Phi) is 3.93. The van der Waals surface area contributed by atoms with Crippen molar-refractivity contribution in [2.45, 2.75) is 6.18 Å². The number of esters is 1. The van der Waals surface area contributed by atoms with Crippen molar-refractivity contribution >= 4 is 5.97 Å². The molecule has 0 saturated heterocycles. The highest BCUT2D eigenvalue weighted by Crippen LogP contribution is 2.37. The van der Waals surface area contributed by atoms with Gasteiger partial charge >= 0.3 is 12.1 Å². The first-order chi connectivity index (χ1) is 9.84. The Morgan fingerprint density at radius 3 is 2.48 bits per heavy atom. The summed E-state index contributed by atoms with van der Waals surface area (Å²) in [6.45, 7) is 0. The molecule has 1 aromatic heterocycles. The third-order valence-corrected chi connectivity index (χ3v) is 2.75. The van der Waals surface area contributed by atoms with Gasteiger partial charge in [0.25, 0.3) is 0 Å². The van der Waals surface area contributed by atoms with Crippen LogP contribution in [0.1, 0.15) is 15.9 Å². The van der Waals surface area contributed by atoms with Gasteiger partial charge in [-0.15, -0.1) is 0 Å². The van der Waals surface area contributed by atoms with Crippen molar-refractivity contribution in [3.8, 4) is 11.3 Å². The van der Waals surface area contributed by atoms with Crippen LogP contribution in [0.15, 0.2) is 36.5 Å². The molecule has 7 heteroatoms. The first-order valence-electron chi connectivity index (χ1n) is 5.75. The van der Waals surface area contributed by atoms with Gasteiger partial charge in [0.2, 0.25) is 0 Å². The number of nitrogens with zero attached hydrogens (tertiary/aromatic N) is 1. The number of hydrogen-bond acceptors (Lipinski definition) is 3. The molecule has 0 amide bonds. The zero-order valence-corrected chi connectivity index (χ0v) is 10.7. The van der Waals surface area contributed by atoms with E-state index >= 15 is 0 Å². The Labute approximate surface area is 117 Å². The molecule has 21 heavy (non-hydrogen) atoms. The Bertz CT molecular complexity index is 683. The predicted molar refractivity (Wildman–Crippen MR) is 66.0 cm³/mol. The summed E-state index contributed by atoms with van der Waals surface area (Å²) in [6.07, 6.45) is -3.66. The SMILES string of the molecule is COC(=O)c1cnc(-c2ccccc2C(F)(F)F)c(F)c1. The van der Waals surface area contributed by atoms with Gasteiger partial charge in [-0.1, -0.05) is 18.2 Å². The van der Waals surface area contributed by atoms with Crippen molar-refractivity contribution in [2.24, 2.45) is 0 Å². The smallest absolute Gasteiger partial charge is 0.417 e. The number of rotatable bonds is 2. The van der Waals surface area contributed by atoms with Gasteiger partial charge in [0.05, 0.1) is 18.2 Å². The number of pyridine rings is 1. The predicted octanol–water partition coefficient (Wildman–Crippen LogP) is 3.69. The number of methoxy groups -OCH3 is 1. The van der Waals surface area contributed by atoms with E-state index in [4.69, 9.17) is 0 Å². The molecule has 2 aromatic rings. The summed E-state index contributed by atoms with van der Waals surface area (Å²) in [5, 5.41) is 0. The average Bonchev–Trinajstić information content (AvgIpc) is 2.45. The van der Waals surface area contributed by atoms with Crippen molar-refractivity contribution in [3.63, 3.8) is 0 Å². The quantitative estimate of drug-likeness (QED) is 0.627. The zero-order valence-electron chi connectivity index (χ0n) is 10.7. The molecule has 0 atom stereocenters. The van der Waals surface area contributed by atoms with E-state index in [1.54, 1.807) is 0 Å². The van der Waals surface area contributed by atoms with Crippen LogP contribution in [-0.2, 0) is 10.9 Å². The highest BCUT2D eigenvalue weighted by atomic mass is 19.4. The average molecular weight is 299 g/mol. The van der Waals surface area contributed by atoms with E-state index in [1.165, 1.54) is 12.1 Å². The number of hydrogen-bond donors (Lipinski definition) is 0. The molecule has 0 aliphatic heterocycles. The largest absolute Gasteiger partial charge is 0.465 e. The van der Waals surface area contributed by atoms with Gasteiger partial charge in [-0.25, -0.2) is 9.18 Å². The number of carbonyl (C=O) groups is 1. The van der Waals surface area contributed by atoms with E-state index in [-0.39, 0.29) is 11.1 Å². The first-order valence-corrected chi connectivity index (χ1v) is 5.75. The lowest BCUT2D eigenvalue weighted by Gasteiger charge is -2.12. The molecule has 0 aliphatic carbocycles. The molecular formula is C14H9F4NO2. The molecule has 0 spiro atoms. The molecule has 1 aromatic carbocycles. The van der Waals surface area contributed by atoms with Gasteiger partial charge in [0.15, 0.2) is 0 Å². The van der Waals surface area contributed by atoms with Crippen LogP contribution in [0.3, 0.4) is 0 Å². The number of carbonyl (C=O) groups excluding carboxylic acids is 1. The van der Waals surface area contributed by atoms with E-state index in [0.29, 0.717) is 0 Å². The summed E-state index contributed by atoms with van der Waals surface area (Å²) >= 11 is 0. The molecule has 3 nitrogen and oxygen atoms in total.